The number of hydrogen-bond acceptors (Lipinski definition) is 4. The van der Waals surface area contributed by atoms with E-state index in [2.05, 4.69) is 23.2 Å². The zero-order chi connectivity index (χ0) is 14.7. The van der Waals surface area contributed by atoms with Crippen molar-refractivity contribution in [3.05, 3.63) is 71.8 Å². The van der Waals surface area contributed by atoms with Crippen LogP contribution in [0.2, 0.25) is 0 Å². The lowest BCUT2D eigenvalue weighted by molar-refractivity contribution is 0.414. The van der Waals surface area contributed by atoms with Crippen LogP contribution in [0.3, 0.4) is 0 Å². The third kappa shape index (κ3) is 3.11. The van der Waals surface area contributed by atoms with Gasteiger partial charge in [0.05, 0.1) is 13.2 Å². The lowest BCUT2D eigenvalue weighted by atomic mass is 10.1. The minimum Gasteiger partial charge on any atom is -0.497 e. The zero-order valence-corrected chi connectivity index (χ0v) is 12.5. The van der Waals surface area contributed by atoms with Gasteiger partial charge in [-0.25, -0.2) is 0 Å². The van der Waals surface area contributed by atoms with E-state index in [1.807, 2.05) is 42.5 Å². The summed E-state index contributed by atoms with van der Waals surface area (Å²) in [6.45, 7) is 0. The third-order valence-electron chi connectivity index (χ3n) is 3.31. The fourth-order valence-electron chi connectivity index (χ4n) is 2.22. The van der Waals surface area contributed by atoms with Gasteiger partial charge in [-0.2, -0.15) is 0 Å². The molecule has 2 N–H and O–H groups in total. The Labute approximate surface area is 128 Å². The van der Waals surface area contributed by atoms with Crippen LogP contribution in [0, 0.1) is 0 Å². The molecule has 3 rings (SSSR count). The second kappa shape index (κ2) is 6.06. The van der Waals surface area contributed by atoms with Crippen molar-refractivity contribution in [3.8, 4) is 5.75 Å². The number of hydrogen-bond donors (Lipinski definition) is 1. The summed E-state index contributed by atoms with van der Waals surface area (Å²) in [6, 6.07) is 18.1. The molecule has 4 heteroatoms. The molecule has 0 aromatic heterocycles. The smallest absolute Gasteiger partial charge is 0.159 e. The van der Waals surface area contributed by atoms with E-state index in [0.717, 1.165) is 16.2 Å². The van der Waals surface area contributed by atoms with E-state index >= 15 is 0 Å². The zero-order valence-electron chi connectivity index (χ0n) is 11.7. The van der Waals surface area contributed by atoms with Crippen LogP contribution >= 0.6 is 11.8 Å². The number of amidine groups is 1. The Morgan fingerprint density at radius 3 is 2.43 bits per heavy atom. The maximum absolute atomic E-state index is 5.99. The molecule has 0 radical (unpaired) electrons. The van der Waals surface area contributed by atoms with Gasteiger partial charge in [0.25, 0.3) is 0 Å². The third-order valence-corrected chi connectivity index (χ3v) is 4.21. The van der Waals surface area contributed by atoms with Gasteiger partial charge in [-0.05, 0) is 29.3 Å². The van der Waals surface area contributed by atoms with Gasteiger partial charge < -0.3 is 10.5 Å². The molecule has 3 nitrogen and oxygen atoms in total. The van der Waals surface area contributed by atoms with Crippen molar-refractivity contribution in [3.63, 3.8) is 0 Å². The first-order chi connectivity index (χ1) is 10.3. The second-order valence-corrected chi connectivity index (χ2v) is 5.75. The topological polar surface area (TPSA) is 47.6 Å². The monoisotopic (exact) mass is 296 g/mol. The van der Waals surface area contributed by atoms with Crippen LogP contribution in [0.15, 0.2) is 65.7 Å². The molecule has 1 aliphatic heterocycles. The van der Waals surface area contributed by atoms with E-state index in [1.165, 1.54) is 17.3 Å². The lowest BCUT2D eigenvalue weighted by Crippen LogP contribution is -2.12. The molecule has 106 valence electrons. The molecule has 1 unspecified atom stereocenters. The van der Waals surface area contributed by atoms with Crippen LogP contribution in [0.4, 0.5) is 0 Å². The summed E-state index contributed by atoms with van der Waals surface area (Å²) in [7, 11) is 1.66. The van der Waals surface area contributed by atoms with E-state index in [9.17, 15) is 0 Å². The Morgan fingerprint density at radius 1 is 1.05 bits per heavy atom. The van der Waals surface area contributed by atoms with E-state index in [-0.39, 0.29) is 6.04 Å². The highest BCUT2D eigenvalue weighted by atomic mass is 32.2. The Bertz CT molecular complexity index is 678. The van der Waals surface area contributed by atoms with Crippen molar-refractivity contribution < 1.29 is 4.74 Å². The molecule has 2 aromatic rings. The van der Waals surface area contributed by atoms with E-state index in [0.29, 0.717) is 5.17 Å². The summed E-state index contributed by atoms with van der Waals surface area (Å²) >= 11 is 1.51. The van der Waals surface area contributed by atoms with Crippen LogP contribution in [0.1, 0.15) is 17.2 Å². The molecule has 0 saturated heterocycles. The minimum atomic E-state index is -0.0487. The number of benzene rings is 2. The second-order valence-electron chi connectivity index (χ2n) is 4.68. The molecule has 2 aromatic carbocycles. The van der Waals surface area contributed by atoms with Crippen molar-refractivity contribution in [2.45, 2.75) is 6.04 Å². The molecule has 1 aliphatic rings. The highest BCUT2D eigenvalue weighted by Gasteiger charge is 2.17. The Hall–Kier alpha value is -2.20. The van der Waals surface area contributed by atoms with Crippen molar-refractivity contribution in [2.24, 2.45) is 10.7 Å². The van der Waals surface area contributed by atoms with Crippen LogP contribution in [-0.4, -0.2) is 12.3 Å². The number of nitrogens with zero attached hydrogens (tertiary/aromatic N) is 1. The van der Waals surface area contributed by atoms with Gasteiger partial charge in [-0.3, -0.25) is 4.99 Å². The summed E-state index contributed by atoms with van der Waals surface area (Å²) < 4.78 is 5.19. The first kappa shape index (κ1) is 13.8. The summed E-state index contributed by atoms with van der Waals surface area (Å²) in [6.07, 6.45) is 2.15. The molecule has 0 saturated carbocycles. The van der Waals surface area contributed by atoms with Crippen molar-refractivity contribution in [1.82, 2.24) is 0 Å². The molecule has 1 heterocycles. The largest absolute Gasteiger partial charge is 0.497 e. The number of nitrogens with two attached hydrogens (primary N) is 1. The fourth-order valence-corrected chi connectivity index (χ4v) is 3.06. The number of aliphatic imine (C=N–C) groups is 1. The summed E-state index contributed by atoms with van der Waals surface area (Å²) in [5.74, 6) is 0.841. The van der Waals surface area contributed by atoms with Gasteiger partial charge in [0.1, 0.15) is 5.75 Å². The highest BCUT2D eigenvalue weighted by Crippen LogP contribution is 2.36. The van der Waals surface area contributed by atoms with Gasteiger partial charge in [-0.15, -0.1) is 0 Å². The quantitative estimate of drug-likeness (QED) is 0.936. The van der Waals surface area contributed by atoms with E-state index in [1.54, 1.807) is 7.11 Å². The van der Waals surface area contributed by atoms with Crippen LogP contribution in [0.25, 0.3) is 4.91 Å². The predicted octanol–water partition coefficient (Wildman–Crippen LogP) is 3.84. The average Bonchev–Trinajstić information content (AvgIpc) is 2.55. The summed E-state index contributed by atoms with van der Waals surface area (Å²) in [5, 5.41) is 0.595. The van der Waals surface area contributed by atoms with Gasteiger partial charge in [-0.1, -0.05) is 54.2 Å². The van der Waals surface area contributed by atoms with Gasteiger partial charge in [0, 0.05) is 4.91 Å². The van der Waals surface area contributed by atoms with Crippen molar-refractivity contribution >= 4 is 21.8 Å². The normalized spacial score (nSPS) is 17.9. The fraction of sp³-hybridized carbons (Fsp3) is 0.118. The molecule has 21 heavy (non-hydrogen) atoms. The number of rotatable bonds is 3. The maximum atomic E-state index is 5.99. The molecule has 0 fully saturated rings. The van der Waals surface area contributed by atoms with Gasteiger partial charge in [0.15, 0.2) is 5.17 Å². The summed E-state index contributed by atoms with van der Waals surface area (Å²) in [5.41, 5.74) is 8.26. The molecule has 0 bridgehead atoms. The van der Waals surface area contributed by atoms with Crippen molar-refractivity contribution in [2.75, 3.05) is 7.11 Å². The van der Waals surface area contributed by atoms with E-state index < -0.39 is 0 Å². The highest BCUT2D eigenvalue weighted by molar-refractivity contribution is 8.21. The SMILES string of the molecule is COc1ccc(C2C=C(c3ccccc3)SC(N)=N2)cc1. The minimum absolute atomic E-state index is 0.0487. The average molecular weight is 296 g/mol. The van der Waals surface area contributed by atoms with Gasteiger partial charge in [0.2, 0.25) is 0 Å². The molecule has 0 spiro atoms. The summed E-state index contributed by atoms with van der Waals surface area (Å²) in [4.78, 5) is 5.67. The molecular formula is C17H16N2OS. The number of methoxy groups -OCH3 is 1. The standard InChI is InChI=1S/C17H16N2OS/c1-20-14-9-7-12(8-10-14)15-11-16(21-17(18)19-15)13-5-3-2-4-6-13/h2-11,15H,1H3,(H2,18,19). The van der Waals surface area contributed by atoms with Crippen molar-refractivity contribution in [1.29, 1.82) is 0 Å². The van der Waals surface area contributed by atoms with Crippen LogP contribution in [-0.2, 0) is 0 Å². The maximum Gasteiger partial charge on any atom is 0.159 e. The Morgan fingerprint density at radius 2 is 1.76 bits per heavy atom. The number of thioether (sulfide) groups is 1. The molecular weight excluding hydrogens is 280 g/mol. The number of ether oxygens (including phenoxy) is 1. The van der Waals surface area contributed by atoms with E-state index in [4.69, 9.17) is 10.5 Å². The Balaban J connectivity index is 1.93. The van der Waals surface area contributed by atoms with Crippen LogP contribution < -0.4 is 10.5 Å². The van der Waals surface area contributed by atoms with Crippen LogP contribution in [0.5, 0.6) is 5.75 Å². The first-order valence-corrected chi connectivity index (χ1v) is 7.50. The van der Waals surface area contributed by atoms with Gasteiger partial charge >= 0.3 is 0 Å². The molecule has 1 atom stereocenters. The molecule has 0 aliphatic carbocycles. The Kier molecular flexibility index (Phi) is 3.97. The lowest BCUT2D eigenvalue weighted by Gasteiger charge is -2.18. The molecule has 0 amide bonds. The first-order valence-electron chi connectivity index (χ1n) is 6.68. The predicted molar refractivity (Wildman–Crippen MR) is 89.4 cm³/mol.